The fraction of sp³-hybridized carbons (Fsp3) is 0.227. The van der Waals surface area contributed by atoms with Crippen molar-refractivity contribution in [3.63, 3.8) is 0 Å². The Bertz CT molecular complexity index is 1120. The van der Waals surface area contributed by atoms with Crippen molar-refractivity contribution in [2.45, 2.75) is 25.3 Å². The van der Waals surface area contributed by atoms with Crippen molar-refractivity contribution in [2.24, 2.45) is 5.92 Å². The van der Waals surface area contributed by atoms with Crippen LogP contribution in [0.3, 0.4) is 0 Å². The summed E-state index contributed by atoms with van der Waals surface area (Å²) in [5.41, 5.74) is 3.80. The number of imidazole rings is 1. The number of rotatable bonds is 4. The molecular weight excluding hydrogens is 336 g/mol. The van der Waals surface area contributed by atoms with Crippen molar-refractivity contribution in [3.05, 3.63) is 72.2 Å². The van der Waals surface area contributed by atoms with Gasteiger partial charge in [0.15, 0.2) is 0 Å². The van der Waals surface area contributed by atoms with Gasteiger partial charge in [0.1, 0.15) is 5.82 Å². The number of benzene rings is 2. The molecule has 2 heterocycles. The van der Waals surface area contributed by atoms with Crippen molar-refractivity contribution in [2.75, 3.05) is 0 Å². The first kappa shape index (κ1) is 16.0. The molecule has 0 aliphatic heterocycles. The zero-order chi connectivity index (χ0) is 18.4. The van der Waals surface area contributed by atoms with Gasteiger partial charge in [0.05, 0.1) is 28.3 Å². The molecule has 3 atom stereocenters. The van der Waals surface area contributed by atoms with Gasteiger partial charge in [0.25, 0.3) is 0 Å². The van der Waals surface area contributed by atoms with Crippen molar-refractivity contribution >= 4 is 27.8 Å². The van der Waals surface area contributed by atoms with Crippen LogP contribution < -0.4 is 5.32 Å². The second kappa shape index (κ2) is 6.20. The Balaban J connectivity index is 1.28. The summed E-state index contributed by atoms with van der Waals surface area (Å²) in [4.78, 5) is 25.3. The topological polar surface area (TPSA) is 70.7 Å². The highest BCUT2D eigenvalue weighted by atomic mass is 16.2. The summed E-state index contributed by atoms with van der Waals surface area (Å²) in [6, 6.07) is 19.9. The molecule has 27 heavy (non-hydrogen) atoms. The molecule has 1 saturated carbocycles. The standard InChI is InChI=1S/C22H20N4O/c1-13(17-11-10-14-6-2-3-7-18(14)24-17)23-22(27)16-12-15(16)21-25-19-8-4-5-9-20(19)26-21/h2-11,13,15-16H,12H2,1H3,(H,23,27)(H,25,26)/t13-,15+,16+/m1/s1. The van der Waals surface area contributed by atoms with E-state index in [1.54, 1.807) is 0 Å². The molecule has 1 aliphatic rings. The number of aromatic nitrogens is 3. The molecule has 2 aromatic heterocycles. The van der Waals surface area contributed by atoms with Crippen LogP contribution in [0.2, 0.25) is 0 Å². The van der Waals surface area contributed by atoms with Crippen molar-refractivity contribution in [1.82, 2.24) is 20.3 Å². The predicted octanol–water partition coefficient (Wildman–Crippen LogP) is 4.09. The lowest BCUT2D eigenvalue weighted by Gasteiger charge is -2.14. The lowest BCUT2D eigenvalue weighted by molar-refractivity contribution is -0.123. The highest BCUT2D eigenvalue weighted by Crippen LogP contribution is 2.47. The number of fused-ring (bicyclic) bond motifs is 2. The maximum Gasteiger partial charge on any atom is 0.224 e. The molecule has 0 spiro atoms. The number of para-hydroxylation sites is 3. The SMILES string of the molecule is C[C@@H](NC(=O)[C@H]1C[C@@H]1c1nc2ccccc2[nH]1)c1ccc2ccccc2n1. The third-order valence-electron chi connectivity index (χ3n) is 5.31. The number of hydrogen-bond donors (Lipinski definition) is 2. The Morgan fingerprint density at radius 3 is 2.67 bits per heavy atom. The normalized spacial score (nSPS) is 19.9. The van der Waals surface area contributed by atoms with Crippen LogP contribution in [-0.4, -0.2) is 20.9 Å². The Morgan fingerprint density at radius 1 is 1.04 bits per heavy atom. The number of carbonyl (C=O) groups excluding carboxylic acids is 1. The lowest BCUT2D eigenvalue weighted by atomic mass is 10.1. The third-order valence-corrected chi connectivity index (χ3v) is 5.31. The van der Waals surface area contributed by atoms with Gasteiger partial charge in [-0.2, -0.15) is 0 Å². The van der Waals surface area contributed by atoms with E-state index in [9.17, 15) is 4.79 Å². The molecule has 5 nitrogen and oxygen atoms in total. The van der Waals surface area contributed by atoms with Crippen molar-refractivity contribution in [1.29, 1.82) is 0 Å². The summed E-state index contributed by atoms with van der Waals surface area (Å²) in [5.74, 6) is 1.14. The second-order valence-corrected chi connectivity index (χ2v) is 7.25. The molecule has 5 rings (SSSR count). The van der Waals surface area contributed by atoms with E-state index in [4.69, 9.17) is 0 Å². The largest absolute Gasteiger partial charge is 0.348 e. The quantitative estimate of drug-likeness (QED) is 0.578. The van der Waals surface area contributed by atoms with E-state index in [-0.39, 0.29) is 23.8 Å². The second-order valence-electron chi connectivity index (χ2n) is 7.25. The molecule has 1 aliphatic carbocycles. The van der Waals surface area contributed by atoms with Crippen LogP contribution in [0.1, 0.15) is 36.8 Å². The molecule has 0 bridgehead atoms. The smallest absolute Gasteiger partial charge is 0.224 e. The maximum atomic E-state index is 12.7. The van der Waals surface area contributed by atoms with Crippen LogP contribution in [0, 0.1) is 5.92 Å². The molecule has 2 N–H and O–H groups in total. The summed E-state index contributed by atoms with van der Waals surface area (Å²) >= 11 is 0. The van der Waals surface area contributed by atoms with Crippen LogP contribution in [-0.2, 0) is 4.79 Å². The van der Waals surface area contributed by atoms with Gasteiger partial charge in [-0.05, 0) is 37.6 Å². The number of aromatic amines is 1. The van der Waals surface area contributed by atoms with Gasteiger partial charge in [-0.3, -0.25) is 9.78 Å². The van der Waals surface area contributed by atoms with Crippen LogP contribution in [0.4, 0.5) is 0 Å². The Kier molecular flexibility index (Phi) is 3.67. The van der Waals surface area contributed by atoms with Crippen molar-refractivity contribution in [3.8, 4) is 0 Å². The van der Waals surface area contributed by atoms with E-state index < -0.39 is 0 Å². The minimum Gasteiger partial charge on any atom is -0.348 e. The predicted molar refractivity (Wildman–Crippen MR) is 105 cm³/mol. The summed E-state index contributed by atoms with van der Waals surface area (Å²) < 4.78 is 0. The molecule has 0 saturated heterocycles. The molecule has 134 valence electrons. The van der Waals surface area contributed by atoms with Gasteiger partial charge in [0, 0.05) is 17.2 Å². The summed E-state index contributed by atoms with van der Waals surface area (Å²) in [5, 5.41) is 4.22. The number of pyridine rings is 1. The van der Waals surface area contributed by atoms with Gasteiger partial charge in [0.2, 0.25) is 5.91 Å². The Labute approximate surface area is 156 Å². The summed E-state index contributed by atoms with van der Waals surface area (Å²) in [6.45, 7) is 1.98. The third kappa shape index (κ3) is 2.95. The van der Waals surface area contributed by atoms with E-state index in [0.717, 1.165) is 39.9 Å². The number of hydrogen-bond acceptors (Lipinski definition) is 3. The Morgan fingerprint density at radius 2 is 1.81 bits per heavy atom. The van der Waals surface area contributed by atoms with Gasteiger partial charge in [-0.25, -0.2) is 4.98 Å². The molecule has 0 unspecified atom stereocenters. The van der Waals surface area contributed by atoms with E-state index in [0.29, 0.717) is 0 Å². The molecule has 2 aromatic carbocycles. The summed E-state index contributed by atoms with van der Waals surface area (Å²) in [6.07, 6.45) is 0.837. The van der Waals surface area contributed by atoms with Gasteiger partial charge >= 0.3 is 0 Å². The highest BCUT2D eigenvalue weighted by molar-refractivity contribution is 5.84. The summed E-state index contributed by atoms with van der Waals surface area (Å²) in [7, 11) is 0. The average molecular weight is 356 g/mol. The van der Waals surface area contributed by atoms with E-state index in [1.807, 2.05) is 61.5 Å². The van der Waals surface area contributed by atoms with Gasteiger partial charge in [-0.1, -0.05) is 36.4 Å². The molecular formula is C22H20N4O. The van der Waals surface area contributed by atoms with Gasteiger partial charge in [-0.15, -0.1) is 0 Å². The first-order valence-electron chi connectivity index (χ1n) is 9.30. The fourth-order valence-electron chi connectivity index (χ4n) is 3.65. The zero-order valence-electron chi connectivity index (χ0n) is 15.0. The van der Waals surface area contributed by atoms with E-state index in [1.165, 1.54) is 0 Å². The first-order chi connectivity index (χ1) is 13.2. The number of nitrogens with zero attached hydrogens (tertiary/aromatic N) is 2. The monoisotopic (exact) mass is 356 g/mol. The van der Waals surface area contributed by atoms with Crippen molar-refractivity contribution < 1.29 is 4.79 Å². The average Bonchev–Trinajstić information content (AvgIpc) is 3.39. The maximum absolute atomic E-state index is 12.7. The minimum atomic E-state index is -0.126. The molecule has 1 fully saturated rings. The Hall–Kier alpha value is -3.21. The number of amides is 1. The van der Waals surface area contributed by atoms with Gasteiger partial charge < -0.3 is 10.3 Å². The molecule has 4 aromatic rings. The molecule has 5 heteroatoms. The molecule has 1 amide bonds. The van der Waals surface area contributed by atoms with E-state index >= 15 is 0 Å². The lowest BCUT2D eigenvalue weighted by Crippen LogP contribution is -2.29. The first-order valence-corrected chi connectivity index (χ1v) is 9.30. The van der Waals surface area contributed by atoms with E-state index in [2.05, 4.69) is 26.3 Å². The van der Waals surface area contributed by atoms with Crippen LogP contribution in [0.25, 0.3) is 21.9 Å². The number of nitrogens with one attached hydrogen (secondary N) is 2. The molecule has 0 radical (unpaired) electrons. The highest BCUT2D eigenvalue weighted by Gasteiger charge is 2.46. The van der Waals surface area contributed by atoms with Crippen LogP contribution in [0.5, 0.6) is 0 Å². The van der Waals surface area contributed by atoms with Crippen LogP contribution in [0.15, 0.2) is 60.7 Å². The number of carbonyl (C=O) groups is 1. The van der Waals surface area contributed by atoms with Crippen LogP contribution >= 0.6 is 0 Å². The number of H-pyrrole nitrogens is 1. The fourth-order valence-corrected chi connectivity index (χ4v) is 3.65. The zero-order valence-corrected chi connectivity index (χ0v) is 15.0. The minimum absolute atomic E-state index is 0.0199.